The maximum absolute atomic E-state index is 13.3. The number of anilines is 1. The van der Waals surface area contributed by atoms with Gasteiger partial charge in [-0.05, 0) is 24.3 Å². The molecular weight excluding hydrogens is 415 g/mol. The highest BCUT2D eigenvalue weighted by Gasteiger charge is 2.32. The zero-order valence-electron chi connectivity index (χ0n) is 14.3. The molecule has 3 aromatic carbocycles. The number of hydrogen-bond donors (Lipinski definition) is 1. The average molecular weight is 427 g/mol. The number of carbonyl (C=O) groups is 1. The molecule has 0 radical (unpaired) electrons. The van der Waals surface area contributed by atoms with Gasteiger partial charge >= 0.3 is 0 Å². The fraction of sp³-hybridized carbons (Fsp3) is 0.0476. The fourth-order valence-electron chi connectivity index (χ4n) is 3.37. The van der Waals surface area contributed by atoms with E-state index in [1.165, 1.54) is 11.3 Å². The molecule has 1 aliphatic heterocycles. The summed E-state index contributed by atoms with van der Waals surface area (Å²) in [5.41, 5.74) is 2.22. The molecule has 1 aliphatic rings. The molecule has 28 heavy (non-hydrogen) atoms. The molecule has 0 saturated carbocycles. The van der Waals surface area contributed by atoms with Crippen LogP contribution < -0.4 is 10.1 Å². The van der Waals surface area contributed by atoms with Crippen LogP contribution in [0.3, 0.4) is 0 Å². The molecule has 5 rings (SSSR count). The predicted octanol–water partition coefficient (Wildman–Crippen LogP) is 6.48. The van der Waals surface area contributed by atoms with E-state index < -0.39 is 5.92 Å². The summed E-state index contributed by atoms with van der Waals surface area (Å²) in [6.45, 7) is 0. The molecule has 4 nitrogen and oxygen atoms in total. The third-order valence-electron chi connectivity index (χ3n) is 4.62. The monoisotopic (exact) mass is 426 g/mol. The normalized spacial score (nSPS) is 12.9. The number of thiazole rings is 1. The van der Waals surface area contributed by atoms with E-state index in [2.05, 4.69) is 10.3 Å². The first-order valence-corrected chi connectivity index (χ1v) is 10.1. The van der Waals surface area contributed by atoms with Crippen LogP contribution in [-0.2, 0) is 4.79 Å². The molecule has 0 unspecified atom stereocenters. The summed E-state index contributed by atoms with van der Waals surface area (Å²) in [7, 11) is 0. The minimum Gasteiger partial charge on any atom is -0.457 e. The van der Waals surface area contributed by atoms with Crippen molar-refractivity contribution in [1.29, 1.82) is 0 Å². The van der Waals surface area contributed by atoms with Gasteiger partial charge in [0, 0.05) is 11.1 Å². The van der Waals surface area contributed by atoms with Gasteiger partial charge in [-0.1, -0.05) is 70.9 Å². The minimum absolute atomic E-state index is 0.186. The molecule has 0 bridgehead atoms. The number of rotatable bonds is 2. The van der Waals surface area contributed by atoms with Gasteiger partial charge in [-0.3, -0.25) is 4.79 Å². The molecule has 1 amide bonds. The second-order valence-electron chi connectivity index (χ2n) is 6.33. The summed E-state index contributed by atoms with van der Waals surface area (Å²) >= 11 is 13.8. The smallest absolute Gasteiger partial charge is 0.238 e. The molecule has 0 atom stereocenters. The summed E-state index contributed by atoms with van der Waals surface area (Å²) in [6.07, 6.45) is 0. The van der Waals surface area contributed by atoms with Gasteiger partial charge in [0.15, 0.2) is 5.13 Å². The third kappa shape index (κ3) is 2.83. The first-order chi connectivity index (χ1) is 13.6. The van der Waals surface area contributed by atoms with Crippen molar-refractivity contribution in [1.82, 2.24) is 4.98 Å². The SMILES string of the molecule is O=C(Nc1nc2c(Cl)ccc(Cl)c2s1)C1c2ccccc2Oc2ccccc21. The summed E-state index contributed by atoms with van der Waals surface area (Å²) in [5.74, 6) is 0.669. The lowest BCUT2D eigenvalue weighted by Crippen LogP contribution is -2.24. The molecule has 1 N–H and O–H groups in total. The van der Waals surface area contributed by atoms with Gasteiger partial charge in [0.05, 0.1) is 20.7 Å². The van der Waals surface area contributed by atoms with Crippen LogP contribution >= 0.6 is 34.5 Å². The van der Waals surface area contributed by atoms with Gasteiger partial charge in [-0.15, -0.1) is 0 Å². The van der Waals surface area contributed by atoms with Crippen LogP contribution in [0.2, 0.25) is 10.0 Å². The highest BCUT2D eigenvalue weighted by atomic mass is 35.5. The predicted molar refractivity (Wildman–Crippen MR) is 113 cm³/mol. The number of ether oxygens (including phenoxy) is 1. The maximum atomic E-state index is 13.3. The Hall–Kier alpha value is -2.60. The number of benzene rings is 3. The lowest BCUT2D eigenvalue weighted by molar-refractivity contribution is -0.116. The van der Waals surface area contributed by atoms with Crippen molar-refractivity contribution in [2.24, 2.45) is 0 Å². The second kappa shape index (κ2) is 6.78. The lowest BCUT2D eigenvalue weighted by Gasteiger charge is -2.27. The highest BCUT2D eigenvalue weighted by molar-refractivity contribution is 7.23. The van der Waals surface area contributed by atoms with Crippen LogP contribution in [0.4, 0.5) is 5.13 Å². The fourth-order valence-corrected chi connectivity index (χ4v) is 4.79. The lowest BCUT2D eigenvalue weighted by atomic mass is 9.87. The molecule has 0 fully saturated rings. The maximum Gasteiger partial charge on any atom is 0.238 e. The van der Waals surface area contributed by atoms with Crippen molar-refractivity contribution in [3.63, 3.8) is 0 Å². The Bertz CT molecular complexity index is 1150. The summed E-state index contributed by atoms with van der Waals surface area (Å²) in [6, 6.07) is 18.5. The van der Waals surface area contributed by atoms with E-state index in [0.29, 0.717) is 32.2 Å². The Morgan fingerprint density at radius 3 is 2.18 bits per heavy atom. The van der Waals surface area contributed by atoms with Crippen molar-refractivity contribution in [3.8, 4) is 11.5 Å². The minimum atomic E-state index is -0.501. The first kappa shape index (κ1) is 17.5. The molecule has 4 aromatic rings. The quantitative estimate of drug-likeness (QED) is 0.398. The summed E-state index contributed by atoms with van der Waals surface area (Å²) in [5, 5.41) is 4.44. The van der Waals surface area contributed by atoms with Crippen molar-refractivity contribution >= 4 is 55.8 Å². The number of aromatic nitrogens is 1. The van der Waals surface area contributed by atoms with Crippen molar-refractivity contribution in [2.75, 3.05) is 5.32 Å². The van der Waals surface area contributed by atoms with Gasteiger partial charge in [-0.2, -0.15) is 0 Å². The van der Waals surface area contributed by atoms with Crippen LogP contribution in [0.25, 0.3) is 10.2 Å². The molecule has 0 spiro atoms. The van der Waals surface area contributed by atoms with E-state index in [0.717, 1.165) is 15.8 Å². The van der Waals surface area contributed by atoms with E-state index >= 15 is 0 Å². The number of hydrogen-bond acceptors (Lipinski definition) is 4. The standard InChI is InChI=1S/C21H12Cl2N2O2S/c22-13-9-10-14(23)19-18(13)24-21(28-19)25-20(26)17-11-5-1-3-7-15(11)27-16-8-4-2-6-12(16)17/h1-10,17H,(H,24,25,26). The van der Waals surface area contributed by atoms with E-state index in [-0.39, 0.29) is 5.91 Å². The Morgan fingerprint density at radius 2 is 1.54 bits per heavy atom. The highest BCUT2D eigenvalue weighted by Crippen LogP contribution is 2.44. The van der Waals surface area contributed by atoms with Gasteiger partial charge < -0.3 is 10.1 Å². The summed E-state index contributed by atoms with van der Waals surface area (Å²) in [4.78, 5) is 17.7. The molecule has 1 aromatic heterocycles. The Kier molecular flexibility index (Phi) is 4.23. The zero-order valence-corrected chi connectivity index (χ0v) is 16.6. The van der Waals surface area contributed by atoms with Crippen LogP contribution in [0, 0.1) is 0 Å². The van der Waals surface area contributed by atoms with Crippen LogP contribution in [0.15, 0.2) is 60.7 Å². The van der Waals surface area contributed by atoms with Crippen LogP contribution in [0.5, 0.6) is 11.5 Å². The van der Waals surface area contributed by atoms with Gasteiger partial charge in [-0.25, -0.2) is 4.98 Å². The number of nitrogens with zero attached hydrogens (tertiary/aromatic N) is 1. The van der Waals surface area contributed by atoms with Crippen molar-refractivity contribution in [2.45, 2.75) is 5.92 Å². The Morgan fingerprint density at radius 1 is 0.929 bits per heavy atom. The number of fused-ring (bicyclic) bond motifs is 3. The van der Waals surface area contributed by atoms with E-state index in [1.54, 1.807) is 12.1 Å². The topological polar surface area (TPSA) is 51.2 Å². The van der Waals surface area contributed by atoms with Crippen LogP contribution in [0.1, 0.15) is 17.0 Å². The van der Waals surface area contributed by atoms with Crippen molar-refractivity contribution in [3.05, 3.63) is 81.8 Å². The molecule has 138 valence electrons. The molecule has 0 saturated heterocycles. The molecule has 2 heterocycles. The number of amides is 1. The summed E-state index contributed by atoms with van der Waals surface area (Å²) < 4.78 is 6.71. The Balaban J connectivity index is 1.56. The van der Waals surface area contributed by atoms with E-state index in [4.69, 9.17) is 27.9 Å². The number of nitrogens with one attached hydrogen (secondary N) is 1. The average Bonchev–Trinajstić information content (AvgIpc) is 3.14. The van der Waals surface area contributed by atoms with Crippen molar-refractivity contribution < 1.29 is 9.53 Å². The number of carbonyl (C=O) groups excluding carboxylic acids is 1. The third-order valence-corrected chi connectivity index (χ3v) is 6.35. The van der Waals surface area contributed by atoms with Gasteiger partial charge in [0.25, 0.3) is 0 Å². The zero-order chi connectivity index (χ0) is 19.3. The number of halogens is 2. The number of para-hydroxylation sites is 2. The molecule has 7 heteroatoms. The van der Waals surface area contributed by atoms with Crippen LogP contribution in [-0.4, -0.2) is 10.9 Å². The first-order valence-electron chi connectivity index (χ1n) is 8.53. The van der Waals surface area contributed by atoms with Gasteiger partial charge in [0.2, 0.25) is 5.91 Å². The largest absolute Gasteiger partial charge is 0.457 e. The molecular formula is C21H12Cl2N2O2S. The van der Waals surface area contributed by atoms with E-state index in [1.807, 2.05) is 48.5 Å². The van der Waals surface area contributed by atoms with E-state index in [9.17, 15) is 4.79 Å². The second-order valence-corrected chi connectivity index (χ2v) is 8.14. The molecule has 0 aliphatic carbocycles. The Labute approximate surface area is 174 Å². The van der Waals surface area contributed by atoms with Gasteiger partial charge in [0.1, 0.15) is 17.0 Å².